The molecule has 1 heterocycles. The lowest BCUT2D eigenvalue weighted by atomic mass is 10.1. The molecular weight excluding hydrogens is 452 g/mol. The molecule has 0 aliphatic carbocycles. The number of piperazine rings is 1. The van der Waals surface area contributed by atoms with Gasteiger partial charge in [0.15, 0.2) is 0 Å². The highest BCUT2D eigenvalue weighted by atomic mass is 16.5. The molecule has 2 amide bonds. The molecule has 7 heteroatoms. The Balaban J connectivity index is 1.52. The zero-order chi connectivity index (χ0) is 25.3. The molecule has 0 aromatic heterocycles. The highest BCUT2D eigenvalue weighted by Crippen LogP contribution is 2.31. The average Bonchev–Trinajstić information content (AvgIpc) is 2.92. The van der Waals surface area contributed by atoms with Crippen molar-refractivity contribution in [1.29, 1.82) is 0 Å². The molecule has 1 saturated heterocycles. The summed E-state index contributed by atoms with van der Waals surface area (Å²) in [5.41, 5.74) is 4.18. The topological polar surface area (TPSA) is 73.9 Å². The molecule has 0 spiro atoms. The lowest BCUT2D eigenvalue weighted by molar-refractivity contribution is -0.116. The van der Waals surface area contributed by atoms with Gasteiger partial charge in [-0.15, -0.1) is 0 Å². The van der Waals surface area contributed by atoms with E-state index in [0.717, 1.165) is 55.3 Å². The minimum atomic E-state index is -0.160. The van der Waals surface area contributed by atoms with Crippen molar-refractivity contribution < 1.29 is 14.3 Å². The van der Waals surface area contributed by atoms with Crippen LogP contribution in [0.2, 0.25) is 0 Å². The number of ether oxygens (including phenoxy) is 1. The fourth-order valence-corrected chi connectivity index (χ4v) is 4.47. The van der Waals surface area contributed by atoms with Crippen molar-refractivity contribution in [3.63, 3.8) is 0 Å². The van der Waals surface area contributed by atoms with Crippen LogP contribution in [0.15, 0.2) is 72.8 Å². The summed E-state index contributed by atoms with van der Waals surface area (Å²) in [6, 6.07) is 23.5. The Bertz CT molecular complexity index is 1170. The normalized spacial score (nSPS) is 13.3. The monoisotopic (exact) mass is 486 g/mol. The highest BCUT2D eigenvalue weighted by Gasteiger charge is 2.24. The molecule has 4 rings (SSSR count). The smallest absolute Gasteiger partial charge is 0.253 e. The zero-order valence-electron chi connectivity index (χ0n) is 21.0. The van der Waals surface area contributed by atoms with Crippen molar-refractivity contribution in [3.05, 3.63) is 83.9 Å². The predicted molar refractivity (Wildman–Crippen MR) is 145 cm³/mol. The minimum absolute atomic E-state index is 0.0497. The molecule has 3 aromatic rings. The van der Waals surface area contributed by atoms with Crippen molar-refractivity contribution in [2.75, 3.05) is 48.4 Å². The number of hydrogen-bond donors (Lipinski definition) is 2. The van der Waals surface area contributed by atoms with Crippen LogP contribution in [-0.2, 0) is 11.3 Å². The lowest BCUT2D eigenvalue weighted by Crippen LogP contribution is -2.47. The summed E-state index contributed by atoms with van der Waals surface area (Å²) in [6.07, 6.45) is 1.22. The largest absolute Gasteiger partial charge is 0.495 e. The van der Waals surface area contributed by atoms with Gasteiger partial charge in [0, 0.05) is 50.5 Å². The van der Waals surface area contributed by atoms with Crippen LogP contribution in [0, 0.1) is 0 Å². The number of amides is 2. The Morgan fingerprint density at radius 3 is 2.22 bits per heavy atom. The third kappa shape index (κ3) is 6.16. The first kappa shape index (κ1) is 25.1. The average molecular weight is 487 g/mol. The Morgan fingerprint density at radius 2 is 1.53 bits per heavy atom. The van der Waals surface area contributed by atoms with Gasteiger partial charge in [-0.2, -0.15) is 0 Å². The number of anilines is 3. The number of nitrogens with one attached hydrogen (secondary N) is 2. The van der Waals surface area contributed by atoms with Gasteiger partial charge in [-0.25, -0.2) is 0 Å². The summed E-state index contributed by atoms with van der Waals surface area (Å²) in [7, 11) is 1.69. The number of carbonyl (C=O) groups excluding carboxylic acids is 2. The molecule has 0 radical (unpaired) electrons. The summed E-state index contributed by atoms with van der Waals surface area (Å²) in [6.45, 7) is 5.54. The number of para-hydroxylation sites is 2. The van der Waals surface area contributed by atoms with Crippen LogP contribution in [0.4, 0.5) is 17.1 Å². The Morgan fingerprint density at radius 1 is 0.861 bits per heavy atom. The zero-order valence-corrected chi connectivity index (χ0v) is 21.0. The Kier molecular flexibility index (Phi) is 8.44. The number of benzene rings is 3. The predicted octanol–water partition coefficient (Wildman–Crippen LogP) is 4.69. The van der Waals surface area contributed by atoms with E-state index in [1.165, 1.54) is 0 Å². The van der Waals surface area contributed by atoms with Crippen LogP contribution in [0.1, 0.15) is 35.7 Å². The van der Waals surface area contributed by atoms with Crippen molar-refractivity contribution >= 4 is 28.9 Å². The van der Waals surface area contributed by atoms with Crippen molar-refractivity contribution in [3.8, 4) is 5.75 Å². The number of hydrogen-bond acceptors (Lipinski definition) is 5. The molecule has 0 bridgehead atoms. The molecule has 3 aromatic carbocycles. The first-order valence-electron chi connectivity index (χ1n) is 12.5. The summed E-state index contributed by atoms with van der Waals surface area (Å²) in [5, 5.41) is 5.97. The minimum Gasteiger partial charge on any atom is -0.495 e. The molecule has 2 N–H and O–H groups in total. The second-order valence-electron chi connectivity index (χ2n) is 8.84. The van der Waals surface area contributed by atoms with Gasteiger partial charge in [0.25, 0.3) is 5.91 Å². The molecule has 0 saturated carbocycles. The van der Waals surface area contributed by atoms with E-state index in [1.54, 1.807) is 13.2 Å². The van der Waals surface area contributed by atoms with Crippen molar-refractivity contribution in [1.82, 2.24) is 5.32 Å². The van der Waals surface area contributed by atoms with E-state index in [9.17, 15) is 9.59 Å². The molecule has 0 atom stereocenters. The first-order valence-corrected chi connectivity index (χ1v) is 12.5. The van der Waals surface area contributed by atoms with Gasteiger partial charge in [0.1, 0.15) is 5.75 Å². The quantitative estimate of drug-likeness (QED) is 0.459. The van der Waals surface area contributed by atoms with Crippen LogP contribution in [0.25, 0.3) is 0 Å². The highest BCUT2D eigenvalue weighted by molar-refractivity contribution is 6.02. The molecule has 1 aliphatic rings. The lowest BCUT2D eigenvalue weighted by Gasteiger charge is -2.38. The van der Waals surface area contributed by atoms with E-state index in [1.807, 2.05) is 67.6 Å². The molecule has 0 unspecified atom stereocenters. The van der Waals surface area contributed by atoms with E-state index in [4.69, 9.17) is 4.74 Å². The molecule has 188 valence electrons. The number of carbonyl (C=O) groups is 2. The number of nitrogens with zero attached hydrogens (tertiary/aromatic N) is 2. The van der Waals surface area contributed by atoms with Gasteiger partial charge in [0.05, 0.1) is 18.4 Å². The Hall–Kier alpha value is -4.00. The van der Waals surface area contributed by atoms with Crippen LogP contribution >= 0.6 is 0 Å². The van der Waals surface area contributed by atoms with Gasteiger partial charge in [-0.3, -0.25) is 9.59 Å². The molecule has 1 fully saturated rings. The fraction of sp³-hybridized carbons (Fsp3) is 0.310. The van der Waals surface area contributed by atoms with Crippen LogP contribution in [-0.4, -0.2) is 45.1 Å². The summed E-state index contributed by atoms with van der Waals surface area (Å²) >= 11 is 0. The second-order valence-corrected chi connectivity index (χ2v) is 8.84. The third-order valence-corrected chi connectivity index (χ3v) is 6.34. The summed E-state index contributed by atoms with van der Waals surface area (Å²) in [5.74, 6) is 0.651. The molecule has 1 aliphatic heterocycles. The van der Waals surface area contributed by atoms with Crippen LogP contribution < -0.4 is 25.2 Å². The molecule has 36 heavy (non-hydrogen) atoms. The third-order valence-electron chi connectivity index (χ3n) is 6.34. The van der Waals surface area contributed by atoms with Gasteiger partial charge in [0.2, 0.25) is 5.91 Å². The summed E-state index contributed by atoms with van der Waals surface area (Å²) in [4.78, 5) is 30.1. The maximum atomic E-state index is 13.3. The van der Waals surface area contributed by atoms with E-state index in [-0.39, 0.29) is 11.8 Å². The van der Waals surface area contributed by atoms with E-state index < -0.39 is 0 Å². The van der Waals surface area contributed by atoms with E-state index >= 15 is 0 Å². The second kappa shape index (κ2) is 12.1. The maximum Gasteiger partial charge on any atom is 0.253 e. The molecular formula is C29H34N4O3. The fourth-order valence-electron chi connectivity index (χ4n) is 4.47. The first-order chi connectivity index (χ1) is 17.6. The number of rotatable bonds is 9. The maximum absolute atomic E-state index is 13.3. The van der Waals surface area contributed by atoms with Crippen molar-refractivity contribution in [2.45, 2.75) is 26.3 Å². The number of methoxy groups -OCH3 is 1. The van der Waals surface area contributed by atoms with Crippen LogP contribution in [0.5, 0.6) is 5.75 Å². The van der Waals surface area contributed by atoms with Gasteiger partial charge in [-0.05, 0) is 42.3 Å². The van der Waals surface area contributed by atoms with Crippen molar-refractivity contribution in [2.24, 2.45) is 0 Å². The van der Waals surface area contributed by atoms with Crippen LogP contribution in [0.3, 0.4) is 0 Å². The standard InChI is InChI=1S/C29H34N4O3/c1-3-9-28(34)31-23-14-15-25(24(20-23)29(35)30-21-22-10-5-4-6-11-22)32-16-18-33(19-17-32)26-12-7-8-13-27(26)36-2/h4-8,10-15,20H,3,9,16-19,21H2,1-2H3,(H,30,35)(H,31,34). The van der Waals surface area contributed by atoms with Gasteiger partial charge >= 0.3 is 0 Å². The molecule has 7 nitrogen and oxygen atoms in total. The van der Waals surface area contributed by atoms with Gasteiger partial charge in [-0.1, -0.05) is 49.4 Å². The van der Waals surface area contributed by atoms with Gasteiger partial charge < -0.3 is 25.2 Å². The SMILES string of the molecule is CCCC(=O)Nc1ccc(N2CCN(c3ccccc3OC)CC2)c(C(=O)NCc2ccccc2)c1. The van der Waals surface area contributed by atoms with E-state index in [2.05, 4.69) is 26.5 Å². The summed E-state index contributed by atoms with van der Waals surface area (Å²) < 4.78 is 5.54. The Labute approximate surface area is 213 Å². The van der Waals surface area contributed by atoms with E-state index in [0.29, 0.717) is 24.2 Å².